The van der Waals surface area contributed by atoms with Crippen molar-refractivity contribution in [2.45, 2.75) is 39.5 Å². The van der Waals surface area contributed by atoms with Gasteiger partial charge in [0.2, 0.25) is 0 Å². The number of aldehydes is 1. The lowest BCUT2D eigenvalue weighted by Crippen LogP contribution is -2.03. The molecule has 1 aliphatic carbocycles. The monoisotopic (exact) mass is 166 g/mol. The van der Waals surface area contributed by atoms with Gasteiger partial charge in [-0.05, 0) is 31.1 Å². The van der Waals surface area contributed by atoms with Gasteiger partial charge in [-0.25, -0.2) is 0 Å². The third kappa shape index (κ3) is 2.47. The molecule has 0 aromatic carbocycles. The number of hydrogen-bond acceptors (Lipinski definition) is 1. The second kappa shape index (κ2) is 4.44. The van der Waals surface area contributed by atoms with Crippen molar-refractivity contribution >= 4 is 6.29 Å². The van der Waals surface area contributed by atoms with Crippen LogP contribution in [-0.4, -0.2) is 6.29 Å². The first-order chi connectivity index (χ1) is 5.74. The molecule has 0 amide bonds. The molecule has 1 unspecified atom stereocenters. The molecular formula is C11H18O. The molecule has 0 fully saturated rings. The minimum atomic E-state index is 0.705. The van der Waals surface area contributed by atoms with E-state index in [1.165, 1.54) is 18.4 Å². The van der Waals surface area contributed by atoms with E-state index in [4.69, 9.17) is 0 Å². The molecule has 0 N–H and O–H groups in total. The molecule has 0 aromatic heterocycles. The summed E-state index contributed by atoms with van der Waals surface area (Å²) in [6, 6.07) is 0. The minimum absolute atomic E-state index is 0.705. The Morgan fingerprint density at radius 3 is 2.92 bits per heavy atom. The average molecular weight is 166 g/mol. The van der Waals surface area contributed by atoms with Gasteiger partial charge in [-0.15, -0.1) is 0 Å². The number of allylic oxidation sites excluding steroid dienone is 2. The summed E-state index contributed by atoms with van der Waals surface area (Å²) in [4.78, 5) is 10.1. The van der Waals surface area contributed by atoms with Crippen LogP contribution in [0.1, 0.15) is 39.5 Å². The van der Waals surface area contributed by atoms with Crippen molar-refractivity contribution in [2.75, 3.05) is 0 Å². The summed E-state index contributed by atoms with van der Waals surface area (Å²) < 4.78 is 0. The topological polar surface area (TPSA) is 17.1 Å². The first-order valence-electron chi connectivity index (χ1n) is 4.85. The quantitative estimate of drug-likeness (QED) is 0.463. The van der Waals surface area contributed by atoms with Crippen LogP contribution in [0, 0.1) is 11.8 Å². The van der Waals surface area contributed by atoms with Crippen molar-refractivity contribution in [1.29, 1.82) is 0 Å². The van der Waals surface area contributed by atoms with Crippen LogP contribution in [0.3, 0.4) is 0 Å². The standard InChI is InChI=1S/C11H18O/c1-9(2)11-6-5-10(8-11)4-3-7-12/h5,7,9,11H,3-4,6,8H2,1-2H3. The maximum absolute atomic E-state index is 10.1. The third-order valence-corrected chi connectivity index (χ3v) is 2.76. The zero-order chi connectivity index (χ0) is 8.97. The second-order valence-corrected chi connectivity index (χ2v) is 4.01. The Hall–Kier alpha value is -0.590. The van der Waals surface area contributed by atoms with E-state index in [2.05, 4.69) is 19.9 Å². The molecule has 12 heavy (non-hydrogen) atoms. The van der Waals surface area contributed by atoms with Gasteiger partial charge < -0.3 is 4.79 Å². The molecule has 0 heterocycles. The highest BCUT2D eigenvalue weighted by molar-refractivity contribution is 5.49. The molecule has 1 aliphatic rings. The van der Waals surface area contributed by atoms with Gasteiger partial charge in [-0.2, -0.15) is 0 Å². The largest absolute Gasteiger partial charge is 0.303 e. The van der Waals surface area contributed by atoms with E-state index < -0.39 is 0 Å². The van der Waals surface area contributed by atoms with E-state index in [0.717, 1.165) is 24.5 Å². The van der Waals surface area contributed by atoms with E-state index >= 15 is 0 Å². The van der Waals surface area contributed by atoms with Crippen LogP contribution in [0.15, 0.2) is 11.6 Å². The lowest BCUT2D eigenvalue weighted by molar-refractivity contribution is -0.107. The van der Waals surface area contributed by atoms with Crippen LogP contribution >= 0.6 is 0 Å². The second-order valence-electron chi connectivity index (χ2n) is 4.01. The van der Waals surface area contributed by atoms with Crippen molar-refractivity contribution in [3.05, 3.63) is 11.6 Å². The summed E-state index contributed by atoms with van der Waals surface area (Å²) in [6.45, 7) is 4.56. The third-order valence-electron chi connectivity index (χ3n) is 2.76. The smallest absolute Gasteiger partial charge is 0.120 e. The van der Waals surface area contributed by atoms with Crippen molar-refractivity contribution in [1.82, 2.24) is 0 Å². The highest BCUT2D eigenvalue weighted by Crippen LogP contribution is 2.32. The fourth-order valence-electron chi connectivity index (χ4n) is 1.78. The molecule has 1 nitrogen and oxygen atoms in total. The number of rotatable bonds is 4. The Kier molecular flexibility index (Phi) is 3.51. The van der Waals surface area contributed by atoms with E-state index in [0.29, 0.717) is 6.42 Å². The van der Waals surface area contributed by atoms with Crippen molar-refractivity contribution in [3.8, 4) is 0 Å². The van der Waals surface area contributed by atoms with Crippen molar-refractivity contribution < 1.29 is 4.79 Å². The van der Waals surface area contributed by atoms with Gasteiger partial charge in [-0.3, -0.25) is 0 Å². The SMILES string of the molecule is CC(C)C1CC=C(CCC=O)C1. The van der Waals surface area contributed by atoms with Crippen LogP contribution in [0.5, 0.6) is 0 Å². The van der Waals surface area contributed by atoms with Gasteiger partial charge in [0.05, 0.1) is 0 Å². The Balaban J connectivity index is 2.28. The summed E-state index contributed by atoms with van der Waals surface area (Å²) in [6.07, 6.45) is 7.50. The lowest BCUT2D eigenvalue weighted by atomic mass is 9.92. The molecule has 1 rings (SSSR count). The summed E-state index contributed by atoms with van der Waals surface area (Å²) >= 11 is 0. The Morgan fingerprint density at radius 1 is 1.67 bits per heavy atom. The first kappa shape index (κ1) is 9.50. The Morgan fingerprint density at radius 2 is 2.42 bits per heavy atom. The van der Waals surface area contributed by atoms with Crippen LogP contribution in [0.25, 0.3) is 0 Å². The zero-order valence-electron chi connectivity index (χ0n) is 8.05. The van der Waals surface area contributed by atoms with Gasteiger partial charge in [-0.1, -0.05) is 25.5 Å². The summed E-state index contributed by atoms with van der Waals surface area (Å²) in [5.74, 6) is 1.63. The van der Waals surface area contributed by atoms with E-state index in [-0.39, 0.29) is 0 Å². The predicted molar refractivity (Wildman–Crippen MR) is 50.9 cm³/mol. The van der Waals surface area contributed by atoms with Gasteiger partial charge in [0, 0.05) is 6.42 Å². The molecule has 68 valence electrons. The number of hydrogen-bond donors (Lipinski definition) is 0. The predicted octanol–water partition coefficient (Wildman–Crippen LogP) is 2.96. The van der Waals surface area contributed by atoms with Crippen LogP contribution in [0.4, 0.5) is 0 Å². The minimum Gasteiger partial charge on any atom is -0.303 e. The Bertz CT molecular complexity index is 179. The molecule has 0 saturated carbocycles. The highest BCUT2D eigenvalue weighted by Gasteiger charge is 2.19. The average Bonchev–Trinajstić information content (AvgIpc) is 2.48. The molecule has 0 aliphatic heterocycles. The van der Waals surface area contributed by atoms with Gasteiger partial charge in [0.25, 0.3) is 0 Å². The maximum atomic E-state index is 10.1. The number of carbonyl (C=O) groups excluding carboxylic acids is 1. The summed E-state index contributed by atoms with van der Waals surface area (Å²) in [7, 11) is 0. The van der Waals surface area contributed by atoms with Crippen LogP contribution < -0.4 is 0 Å². The molecule has 1 atom stereocenters. The van der Waals surface area contributed by atoms with Crippen LogP contribution in [-0.2, 0) is 4.79 Å². The van der Waals surface area contributed by atoms with E-state index in [1.807, 2.05) is 0 Å². The maximum Gasteiger partial charge on any atom is 0.120 e. The summed E-state index contributed by atoms with van der Waals surface area (Å²) in [5, 5.41) is 0. The van der Waals surface area contributed by atoms with Gasteiger partial charge in [0.15, 0.2) is 0 Å². The molecule has 0 bridgehead atoms. The highest BCUT2D eigenvalue weighted by atomic mass is 16.1. The van der Waals surface area contributed by atoms with Crippen LogP contribution in [0.2, 0.25) is 0 Å². The van der Waals surface area contributed by atoms with E-state index in [9.17, 15) is 4.79 Å². The van der Waals surface area contributed by atoms with Crippen molar-refractivity contribution in [3.63, 3.8) is 0 Å². The molecule has 0 aromatic rings. The normalized spacial score (nSPS) is 22.9. The van der Waals surface area contributed by atoms with Gasteiger partial charge >= 0.3 is 0 Å². The molecular weight excluding hydrogens is 148 g/mol. The lowest BCUT2D eigenvalue weighted by Gasteiger charge is -2.13. The molecule has 1 heteroatoms. The zero-order valence-corrected chi connectivity index (χ0v) is 8.05. The number of carbonyl (C=O) groups is 1. The first-order valence-corrected chi connectivity index (χ1v) is 4.85. The molecule has 0 saturated heterocycles. The fourth-order valence-corrected chi connectivity index (χ4v) is 1.78. The molecule has 0 spiro atoms. The molecule has 0 radical (unpaired) electrons. The van der Waals surface area contributed by atoms with Gasteiger partial charge in [0.1, 0.15) is 6.29 Å². The van der Waals surface area contributed by atoms with Crippen molar-refractivity contribution in [2.24, 2.45) is 11.8 Å². The summed E-state index contributed by atoms with van der Waals surface area (Å²) in [5.41, 5.74) is 1.50. The fraction of sp³-hybridized carbons (Fsp3) is 0.727. The van der Waals surface area contributed by atoms with E-state index in [1.54, 1.807) is 0 Å². The Labute approximate surface area is 74.9 Å².